The van der Waals surface area contributed by atoms with Crippen LogP contribution in [0.2, 0.25) is 0 Å². The molecule has 1 aromatic rings. The molecule has 0 amide bonds. The van der Waals surface area contributed by atoms with Gasteiger partial charge in [0.15, 0.2) is 0 Å². The summed E-state index contributed by atoms with van der Waals surface area (Å²) in [5.74, 6) is 2.12. The van der Waals surface area contributed by atoms with Crippen LogP contribution in [-0.4, -0.2) is 5.88 Å². The summed E-state index contributed by atoms with van der Waals surface area (Å²) in [5.41, 5.74) is 4.18. The van der Waals surface area contributed by atoms with E-state index in [1.165, 1.54) is 23.1 Å². The van der Waals surface area contributed by atoms with Crippen molar-refractivity contribution in [2.75, 3.05) is 5.88 Å². The van der Waals surface area contributed by atoms with Crippen LogP contribution in [0.25, 0.3) is 0 Å². The number of hydrogen-bond donors (Lipinski definition) is 0. The van der Waals surface area contributed by atoms with Gasteiger partial charge < -0.3 is 0 Å². The molecule has 0 fully saturated rings. The van der Waals surface area contributed by atoms with Crippen LogP contribution in [0, 0.1) is 25.7 Å². The molecule has 0 aromatic heterocycles. The molecule has 0 bridgehead atoms. The van der Waals surface area contributed by atoms with Gasteiger partial charge in [0.25, 0.3) is 0 Å². The summed E-state index contributed by atoms with van der Waals surface area (Å²) in [7, 11) is 0. The third kappa shape index (κ3) is 4.17. The van der Waals surface area contributed by atoms with Crippen molar-refractivity contribution in [3.8, 4) is 0 Å². The Morgan fingerprint density at radius 2 is 1.81 bits per heavy atom. The van der Waals surface area contributed by atoms with Gasteiger partial charge in [0.1, 0.15) is 0 Å². The van der Waals surface area contributed by atoms with Gasteiger partial charge in [-0.15, -0.1) is 11.6 Å². The van der Waals surface area contributed by atoms with Crippen LogP contribution in [0.15, 0.2) is 18.2 Å². The van der Waals surface area contributed by atoms with Crippen molar-refractivity contribution in [3.05, 3.63) is 34.9 Å². The van der Waals surface area contributed by atoms with Gasteiger partial charge in [-0.05, 0) is 55.2 Å². The van der Waals surface area contributed by atoms with Gasteiger partial charge in [0.2, 0.25) is 0 Å². The van der Waals surface area contributed by atoms with E-state index >= 15 is 0 Å². The summed E-state index contributed by atoms with van der Waals surface area (Å²) in [6.45, 7) is 8.86. The van der Waals surface area contributed by atoms with E-state index in [1.54, 1.807) is 0 Å². The second-order valence-electron chi connectivity index (χ2n) is 5.27. The van der Waals surface area contributed by atoms with Gasteiger partial charge in [-0.3, -0.25) is 0 Å². The third-order valence-electron chi connectivity index (χ3n) is 3.12. The smallest absolute Gasteiger partial charge is 0.0255 e. The number of benzene rings is 1. The van der Waals surface area contributed by atoms with E-state index in [9.17, 15) is 0 Å². The van der Waals surface area contributed by atoms with E-state index in [4.69, 9.17) is 11.6 Å². The molecule has 0 nitrogen and oxygen atoms in total. The minimum atomic E-state index is 0.615. The second-order valence-corrected chi connectivity index (χ2v) is 5.58. The predicted molar refractivity (Wildman–Crippen MR) is 73.3 cm³/mol. The molecule has 0 N–H and O–H groups in total. The minimum absolute atomic E-state index is 0.615. The molecule has 1 atom stereocenters. The van der Waals surface area contributed by atoms with E-state index in [0.717, 1.165) is 18.2 Å². The number of rotatable bonds is 5. The number of halogens is 1. The molecule has 0 aliphatic carbocycles. The first kappa shape index (κ1) is 13.6. The van der Waals surface area contributed by atoms with Crippen molar-refractivity contribution in [1.29, 1.82) is 0 Å². The lowest BCUT2D eigenvalue weighted by atomic mass is 9.91. The molecule has 90 valence electrons. The summed E-state index contributed by atoms with van der Waals surface area (Å²) >= 11 is 6.03. The van der Waals surface area contributed by atoms with Gasteiger partial charge >= 0.3 is 0 Å². The third-order valence-corrected chi connectivity index (χ3v) is 3.56. The lowest BCUT2D eigenvalue weighted by Gasteiger charge is -2.16. The zero-order valence-electron chi connectivity index (χ0n) is 10.9. The second kappa shape index (κ2) is 6.30. The molecule has 0 spiro atoms. The lowest BCUT2D eigenvalue weighted by molar-refractivity contribution is 0.441. The van der Waals surface area contributed by atoms with Gasteiger partial charge in [0, 0.05) is 5.88 Å². The van der Waals surface area contributed by atoms with Crippen molar-refractivity contribution >= 4 is 11.6 Å². The highest BCUT2D eigenvalue weighted by molar-refractivity contribution is 6.18. The molecule has 16 heavy (non-hydrogen) atoms. The summed E-state index contributed by atoms with van der Waals surface area (Å²) in [5, 5.41) is 0. The van der Waals surface area contributed by atoms with Gasteiger partial charge in [-0.1, -0.05) is 32.0 Å². The zero-order valence-corrected chi connectivity index (χ0v) is 11.6. The molecule has 1 aromatic carbocycles. The highest BCUT2D eigenvalue weighted by atomic mass is 35.5. The van der Waals surface area contributed by atoms with Crippen LogP contribution in [0.4, 0.5) is 0 Å². The minimum Gasteiger partial charge on any atom is -0.126 e. The fourth-order valence-electron chi connectivity index (χ4n) is 2.13. The Bertz CT molecular complexity index is 328. The van der Waals surface area contributed by atoms with Crippen LogP contribution in [0.1, 0.15) is 37.0 Å². The SMILES string of the molecule is Cc1ccc(CC(CCl)CC(C)C)cc1C. The van der Waals surface area contributed by atoms with Crippen LogP contribution >= 0.6 is 11.6 Å². The molecule has 1 rings (SSSR count). The largest absolute Gasteiger partial charge is 0.126 e. The number of hydrogen-bond acceptors (Lipinski definition) is 0. The van der Waals surface area contributed by atoms with Crippen molar-refractivity contribution < 1.29 is 0 Å². The lowest BCUT2D eigenvalue weighted by Crippen LogP contribution is -2.10. The highest BCUT2D eigenvalue weighted by Crippen LogP contribution is 2.20. The average molecular weight is 239 g/mol. The van der Waals surface area contributed by atoms with Crippen LogP contribution in [0.5, 0.6) is 0 Å². The first-order chi connectivity index (χ1) is 7.52. The van der Waals surface area contributed by atoms with Crippen molar-refractivity contribution in [3.63, 3.8) is 0 Å². The Labute approximate surface area is 105 Å². The van der Waals surface area contributed by atoms with Crippen molar-refractivity contribution in [2.24, 2.45) is 11.8 Å². The highest BCUT2D eigenvalue weighted by Gasteiger charge is 2.11. The monoisotopic (exact) mass is 238 g/mol. The van der Waals surface area contributed by atoms with Gasteiger partial charge in [-0.25, -0.2) is 0 Å². The Morgan fingerprint density at radius 1 is 1.12 bits per heavy atom. The quantitative estimate of drug-likeness (QED) is 0.650. The summed E-state index contributed by atoms with van der Waals surface area (Å²) in [6.07, 6.45) is 2.33. The molecule has 0 aliphatic heterocycles. The summed E-state index contributed by atoms with van der Waals surface area (Å²) in [4.78, 5) is 0. The molecule has 0 aliphatic rings. The van der Waals surface area contributed by atoms with Crippen LogP contribution < -0.4 is 0 Å². The van der Waals surface area contributed by atoms with E-state index < -0.39 is 0 Å². The maximum absolute atomic E-state index is 6.03. The van der Waals surface area contributed by atoms with Gasteiger partial charge in [0.05, 0.1) is 0 Å². The topological polar surface area (TPSA) is 0 Å². The van der Waals surface area contributed by atoms with Gasteiger partial charge in [-0.2, -0.15) is 0 Å². The zero-order chi connectivity index (χ0) is 12.1. The maximum Gasteiger partial charge on any atom is 0.0255 e. The van der Waals surface area contributed by atoms with Crippen LogP contribution in [-0.2, 0) is 6.42 Å². The maximum atomic E-state index is 6.03. The molecule has 0 saturated carbocycles. The molecular formula is C15H23Cl. The Kier molecular flexibility index (Phi) is 5.34. The van der Waals surface area contributed by atoms with E-state index in [1.807, 2.05) is 0 Å². The van der Waals surface area contributed by atoms with Crippen molar-refractivity contribution in [1.82, 2.24) is 0 Å². The molecule has 1 heteroatoms. The molecule has 0 radical (unpaired) electrons. The Morgan fingerprint density at radius 3 is 2.31 bits per heavy atom. The van der Waals surface area contributed by atoms with E-state index in [0.29, 0.717) is 5.92 Å². The Hall–Kier alpha value is -0.490. The predicted octanol–water partition coefficient (Wildman–Crippen LogP) is 4.75. The molecular weight excluding hydrogens is 216 g/mol. The average Bonchev–Trinajstić information content (AvgIpc) is 2.22. The van der Waals surface area contributed by atoms with E-state index in [2.05, 4.69) is 45.9 Å². The van der Waals surface area contributed by atoms with Crippen molar-refractivity contribution in [2.45, 2.75) is 40.5 Å². The first-order valence-corrected chi connectivity index (χ1v) is 6.68. The fraction of sp³-hybridized carbons (Fsp3) is 0.600. The normalized spacial score (nSPS) is 13.1. The molecule has 1 unspecified atom stereocenters. The number of alkyl halides is 1. The standard InChI is InChI=1S/C15H23Cl/c1-11(2)7-15(10-16)9-14-6-5-12(3)13(4)8-14/h5-6,8,11,15H,7,9-10H2,1-4H3. The Balaban J connectivity index is 2.66. The summed E-state index contributed by atoms with van der Waals surface area (Å²) in [6, 6.07) is 6.75. The van der Waals surface area contributed by atoms with E-state index in [-0.39, 0.29) is 0 Å². The summed E-state index contributed by atoms with van der Waals surface area (Å²) < 4.78 is 0. The van der Waals surface area contributed by atoms with Crippen LogP contribution in [0.3, 0.4) is 0 Å². The molecule has 0 heterocycles. The molecule has 0 saturated heterocycles. The number of aryl methyl sites for hydroxylation is 2. The first-order valence-electron chi connectivity index (χ1n) is 6.15. The fourth-order valence-corrected chi connectivity index (χ4v) is 2.37.